The van der Waals surface area contributed by atoms with E-state index < -0.39 is 12.7 Å². The minimum atomic E-state index is -2.31. The predicted molar refractivity (Wildman–Crippen MR) is 163 cm³/mol. The molecule has 0 unspecified atom stereocenters. The lowest BCUT2D eigenvalue weighted by Gasteiger charge is -2.63. The molecule has 0 saturated heterocycles. The van der Waals surface area contributed by atoms with E-state index in [1.54, 1.807) is 12.1 Å². The molecule has 3 heteroatoms. The highest BCUT2D eigenvalue weighted by molar-refractivity contribution is 6.08. The summed E-state index contributed by atoms with van der Waals surface area (Å²) in [6, 6.07) is 13.4. The Balaban J connectivity index is 1.43. The van der Waals surface area contributed by atoms with Crippen LogP contribution in [0, 0.1) is 33.9 Å². The molecule has 3 aromatic heterocycles. The Morgan fingerprint density at radius 3 is 2.28 bits per heavy atom. The molecule has 206 valence electrons. The second kappa shape index (κ2) is 8.41. The molecule has 0 bridgehead atoms. The van der Waals surface area contributed by atoms with Crippen LogP contribution in [0.1, 0.15) is 110 Å². The molecule has 2 aliphatic carbocycles. The Hall–Kier alpha value is -2.68. The minimum absolute atomic E-state index is 0.0151. The number of rotatable bonds is 2. The highest BCUT2D eigenvalue weighted by Crippen LogP contribution is 2.69. The normalized spacial score (nSPS) is 28.5. The van der Waals surface area contributed by atoms with Gasteiger partial charge in [-0.15, -0.1) is 0 Å². The lowest BCUT2D eigenvalue weighted by molar-refractivity contribution is -0.110. The average molecular weight is 527 g/mol. The topological polar surface area (TPSA) is 38.9 Å². The van der Waals surface area contributed by atoms with Gasteiger partial charge in [0.1, 0.15) is 5.58 Å². The van der Waals surface area contributed by atoms with Crippen LogP contribution in [0.25, 0.3) is 33.3 Å². The molecule has 3 heterocycles. The van der Waals surface area contributed by atoms with Crippen LogP contribution in [0.15, 0.2) is 53.1 Å². The van der Waals surface area contributed by atoms with E-state index in [2.05, 4.69) is 66.4 Å². The van der Waals surface area contributed by atoms with Gasteiger partial charge in [0.05, 0.1) is 5.69 Å². The summed E-state index contributed by atoms with van der Waals surface area (Å²) in [6.45, 7) is 16.7. The molecule has 0 radical (unpaired) electrons. The first-order valence-electron chi connectivity index (χ1n) is 16.5. The number of fused-ring (bicyclic) bond motifs is 3. The Labute approximate surface area is 240 Å². The highest BCUT2D eigenvalue weighted by atomic mass is 16.3. The number of aromatic nitrogens is 2. The molecule has 39 heavy (non-hydrogen) atoms. The lowest BCUT2D eigenvalue weighted by atomic mass is 9.42. The SMILES string of the molecule is [2H]C([2H])([2H])c1ccc2c(n1)oc1c(-c3cc(C4([2H])C(C)(C)CC5(CCC(C)(C)C(C)(C)C5)CC4(C)C)ccn3)cccc12. The van der Waals surface area contributed by atoms with Gasteiger partial charge >= 0.3 is 0 Å². The molecule has 0 N–H and O–H groups in total. The van der Waals surface area contributed by atoms with Gasteiger partial charge < -0.3 is 4.42 Å². The summed E-state index contributed by atoms with van der Waals surface area (Å²) >= 11 is 0. The zero-order valence-electron chi connectivity index (χ0n) is 29.0. The maximum Gasteiger partial charge on any atom is 0.227 e. The molecule has 2 fully saturated rings. The van der Waals surface area contributed by atoms with Crippen molar-refractivity contribution in [3.63, 3.8) is 0 Å². The fourth-order valence-electron chi connectivity index (χ4n) is 8.91. The van der Waals surface area contributed by atoms with E-state index in [-0.39, 0.29) is 27.4 Å². The fraction of sp³-hybridized carbons (Fsp3) is 0.556. The van der Waals surface area contributed by atoms with Crippen molar-refractivity contribution in [2.45, 2.75) is 100 Å². The van der Waals surface area contributed by atoms with Gasteiger partial charge in [-0.3, -0.25) is 4.98 Å². The fourth-order valence-corrected chi connectivity index (χ4v) is 8.91. The van der Waals surface area contributed by atoms with Crippen LogP contribution in [0.3, 0.4) is 0 Å². The molecule has 2 saturated carbocycles. The molecule has 1 aromatic carbocycles. The van der Waals surface area contributed by atoms with Crippen molar-refractivity contribution in [1.82, 2.24) is 9.97 Å². The second-order valence-electron chi connectivity index (χ2n) is 15.2. The maximum atomic E-state index is 10.3. The first-order valence-corrected chi connectivity index (χ1v) is 14.5. The number of hydrogen-bond acceptors (Lipinski definition) is 3. The van der Waals surface area contributed by atoms with Crippen molar-refractivity contribution < 1.29 is 9.90 Å². The Morgan fingerprint density at radius 1 is 0.846 bits per heavy atom. The average Bonchev–Trinajstić information content (AvgIpc) is 3.27. The standard InChI is InChI=1S/C36H46N2O/c1-23-13-14-26-25-11-10-12-27(29(25)39-31(26)38-23)28-19-24(15-18-37-28)30-32(2,3)20-36(21-33(30,4)5)17-16-34(6,7)35(8,9)22-36/h10-15,18-19,30H,16-17,20-22H2,1-9H3/i1D3,30D. The van der Waals surface area contributed by atoms with Crippen molar-refractivity contribution in [3.05, 3.63) is 59.9 Å². The summed E-state index contributed by atoms with van der Waals surface area (Å²) in [4.78, 5) is 9.11. The van der Waals surface area contributed by atoms with E-state index in [0.717, 1.165) is 40.4 Å². The van der Waals surface area contributed by atoms with Gasteiger partial charge in [0.15, 0.2) is 0 Å². The van der Waals surface area contributed by atoms with Crippen LogP contribution in [-0.2, 0) is 0 Å². The molecule has 1 spiro atoms. The Kier molecular flexibility index (Phi) is 4.76. The minimum Gasteiger partial charge on any atom is -0.437 e. The van der Waals surface area contributed by atoms with Crippen LogP contribution < -0.4 is 0 Å². The third-order valence-electron chi connectivity index (χ3n) is 10.6. The monoisotopic (exact) mass is 526 g/mol. The lowest BCUT2D eigenvalue weighted by Crippen LogP contribution is -2.53. The number of benzene rings is 1. The Bertz CT molecular complexity index is 1710. The quantitative estimate of drug-likeness (QED) is 0.261. The van der Waals surface area contributed by atoms with Gasteiger partial charge in [-0.2, -0.15) is 0 Å². The zero-order chi connectivity index (χ0) is 31.4. The van der Waals surface area contributed by atoms with E-state index in [1.807, 2.05) is 30.5 Å². The summed E-state index contributed by atoms with van der Waals surface area (Å²) in [6.07, 6.45) is 7.53. The number of aryl methyl sites for hydroxylation is 1. The smallest absolute Gasteiger partial charge is 0.227 e. The maximum absolute atomic E-state index is 10.3. The number of pyridine rings is 2. The molecule has 4 aromatic rings. The number of nitrogens with zero attached hydrogens (tertiary/aromatic N) is 2. The molecule has 0 amide bonds. The van der Waals surface area contributed by atoms with Crippen molar-refractivity contribution in [3.8, 4) is 11.3 Å². The molecule has 2 aliphatic rings. The van der Waals surface area contributed by atoms with Gasteiger partial charge in [-0.25, -0.2) is 4.98 Å². The van der Waals surface area contributed by atoms with Crippen LogP contribution >= 0.6 is 0 Å². The van der Waals surface area contributed by atoms with Crippen LogP contribution in [0.4, 0.5) is 0 Å². The molecule has 6 rings (SSSR count). The van der Waals surface area contributed by atoms with E-state index in [9.17, 15) is 1.37 Å². The summed E-state index contributed by atoms with van der Waals surface area (Å²) in [5.74, 6) is -0.835. The molecule has 3 nitrogen and oxygen atoms in total. The van der Waals surface area contributed by atoms with Crippen LogP contribution in [-0.4, -0.2) is 9.97 Å². The first kappa shape index (κ1) is 22.1. The predicted octanol–water partition coefficient (Wildman–Crippen LogP) is 10.5. The largest absolute Gasteiger partial charge is 0.437 e. The highest BCUT2D eigenvalue weighted by Gasteiger charge is 2.58. The third kappa shape index (κ3) is 4.23. The van der Waals surface area contributed by atoms with Gasteiger partial charge in [-0.1, -0.05) is 67.5 Å². The van der Waals surface area contributed by atoms with Crippen molar-refractivity contribution >= 4 is 22.1 Å². The number of furan rings is 1. The van der Waals surface area contributed by atoms with Gasteiger partial charge in [-0.05, 0) is 108 Å². The molecular formula is C36H46N2O. The van der Waals surface area contributed by atoms with Gasteiger partial charge in [0.2, 0.25) is 5.71 Å². The molecule has 0 atom stereocenters. The molecular weight excluding hydrogens is 476 g/mol. The second-order valence-corrected chi connectivity index (χ2v) is 15.2. The van der Waals surface area contributed by atoms with Gasteiger partial charge in [0.25, 0.3) is 0 Å². The number of para-hydroxylation sites is 1. The summed E-state index contributed by atoms with van der Waals surface area (Å²) < 4.78 is 39.8. The first-order chi connectivity index (χ1) is 19.7. The summed E-state index contributed by atoms with van der Waals surface area (Å²) in [5.41, 5.74) is 3.73. The van der Waals surface area contributed by atoms with Gasteiger partial charge in [0, 0.05) is 33.7 Å². The van der Waals surface area contributed by atoms with Crippen molar-refractivity contribution in [2.75, 3.05) is 0 Å². The molecule has 0 aliphatic heterocycles. The van der Waals surface area contributed by atoms with Crippen molar-refractivity contribution in [1.29, 1.82) is 0 Å². The Morgan fingerprint density at radius 2 is 1.59 bits per heavy atom. The summed E-state index contributed by atoms with van der Waals surface area (Å²) in [7, 11) is 0. The van der Waals surface area contributed by atoms with E-state index in [4.69, 9.17) is 13.5 Å². The number of hydrogen-bond donors (Lipinski definition) is 0. The van der Waals surface area contributed by atoms with E-state index in [1.165, 1.54) is 19.3 Å². The van der Waals surface area contributed by atoms with Crippen LogP contribution in [0.5, 0.6) is 0 Å². The van der Waals surface area contributed by atoms with Crippen LogP contribution in [0.2, 0.25) is 0 Å². The van der Waals surface area contributed by atoms with Crippen molar-refractivity contribution in [2.24, 2.45) is 27.1 Å². The third-order valence-corrected chi connectivity index (χ3v) is 10.6. The zero-order valence-corrected chi connectivity index (χ0v) is 25.0. The van der Waals surface area contributed by atoms with E-state index >= 15 is 0 Å². The van der Waals surface area contributed by atoms with E-state index in [0.29, 0.717) is 16.7 Å². The summed E-state index contributed by atoms with van der Waals surface area (Å²) in [5, 5.41) is 1.64.